The van der Waals surface area contributed by atoms with Crippen LogP contribution in [0.1, 0.15) is 16.7 Å². The lowest BCUT2D eigenvalue weighted by molar-refractivity contribution is 1.02. The topological polar surface area (TPSA) is 52.0 Å². The zero-order chi connectivity index (χ0) is 10.6. The molecule has 0 radical (unpaired) electrons. The Bertz CT molecular complexity index is 570. The van der Waals surface area contributed by atoms with Crippen LogP contribution in [0.2, 0.25) is 0 Å². The average molecular weight is 198 g/mol. The van der Waals surface area contributed by atoms with Crippen LogP contribution in [0.15, 0.2) is 18.2 Å². The Labute approximate surface area is 88.9 Å². The van der Waals surface area contributed by atoms with E-state index in [1.54, 1.807) is 0 Å². The standard InChI is InChI=1S/C13H14N2/c1-7-6-9-3-2-8-4-5-10(14)12(11(8)9)13(7)15/h4-6H,2-3,14-15H2,1H3. The summed E-state index contributed by atoms with van der Waals surface area (Å²) in [6.07, 6.45) is 2.24. The van der Waals surface area contributed by atoms with Gasteiger partial charge in [-0.1, -0.05) is 12.1 Å². The van der Waals surface area contributed by atoms with E-state index in [0.29, 0.717) is 0 Å². The molecule has 0 spiro atoms. The summed E-state index contributed by atoms with van der Waals surface area (Å²) in [6.45, 7) is 2.05. The molecule has 0 amide bonds. The van der Waals surface area contributed by atoms with Crippen molar-refractivity contribution in [1.29, 1.82) is 0 Å². The second-order valence-electron chi connectivity index (χ2n) is 4.33. The van der Waals surface area contributed by atoms with Gasteiger partial charge in [-0.05, 0) is 47.9 Å². The third-order valence-corrected chi connectivity index (χ3v) is 3.39. The molecule has 0 aliphatic heterocycles. The molecule has 1 aliphatic rings. The third kappa shape index (κ3) is 0.990. The predicted octanol–water partition coefficient (Wildman–Crippen LogP) is 2.41. The molecule has 2 aromatic carbocycles. The van der Waals surface area contributed by atoms with Gasteiger partial charge in [-0.15, -0.1) is 0 Å². The van der Waals surface area contributed by atoms with Crippen molar-refractivity contribution in [3.63, 3.8) is 0 Å². The van der Waals surface area contributed by atoms with Crippen LogP contribution in [-0.4, -0.2) is 0 Å². The number of rotatable bonds is 0. The summed E-state index contributed by atoms with van der Waals surface area (Å²) < 4.78 is 0. The van der Waals surface area contributed by atoms with Crippen molar-refractivity contribution in [2.75, 3.05) is 11.5 Å². The van der Waals surface area contributed by atoms with Crippen molar-refractivity contribution in [2.45, 2.75) is 19.8 Å². The SMILES string of the molecule is Cc1cc2c3c(ccc(N)c3c1N)CC2. The van der Waals surface area contributed by atoms with Crippen molar-refractivity contribution >= 4 is 22.1 Å². The molecule has 15 heavy (non-hydrogen) atoms. The maximum absolute atomic E-state index is 6.10. The van der Waals surface area contributed by atoms with E-state index in [-0.39, 0.29) is 0 Å². The molecule has 2 nitrogen and oxygen atoms in total. The quantitative estimate of drug-likeness (QED) is 0.639. The molecule has 76 valence electrons. The minimum Gasteiger partial charge on any atom is -0.398 e. The van der Waals surface area contributed by atoms with E-state index in [4.69, 9.17) is 11.5 Å². The molecule has 0 saturated carbocycles. The van der Waals surface area contributed by atoms with Gasteiger partial charge >= 0.3 is 0 Å². The van der Waals surface area contributed by atoms with E-state index in [2.05, 4.69) is 19.1 Å². The van der Waals surface area contributed by atoms with Crippen molar-refractivity contribution in [2.24, 2.45) is 0 Å². The minimum atomic E-state index is 0.804. The number of benzene rings is 2. The van der Waals surface area contributed by atoms with Gasteiger partial charge in [-0.3, -0.25) is 0 Å². The van der Waals surface area contributed by atoms with E-state index in [1.165, 1.54) is 16.5 Å². The normalized spacial score (nSPS) is 13.7. The fourth-order valence-corrected chi connectivity index (χ4v) is 2.60. The first-order valence-corrected chi connectivity index (χ1v) is 5.27. The molecule has 0 atom stereocenters. The van der Waals surface area contributed by atoms with Crippen LogP contribution in [0.25, 0.3) is 10.8 Å². The van der Waals surface area contributed by atoms with Crippen LogP contribution in [0.4, 0.5) is 11.4 Å². The van der Waals surface area contributed by atoms with Crippen LogP contribution in [0.3, 0.4) is 0 Å². The number of nitrogens with two attached hydrogens (primary N) is 2. The van der Waals surface area contributed by atoms with Gasteiger partial charge in [0.25, 0.3) is 0 Å². The lowest BCUT2D eigenvalue weighted by Gasteiger charge is -2.10. The fraction of sp³-hybridized carbons (Fsp3) is 0.231. The number of anilines is 2. The Kier molecular flexibility index (Phi) is 1.52. The molecular formula is C13H14N2. The molecule has 2 heteroatoms. The monoisotopic (exact) mass is 198 g/mol. The third-order valence-electron chi connectivity index (χ3n) is 3.39. The molecule has 1 aliphatic carbocycles. The second kappa shape index (κ2) is 2.66. The molecule has 0 unspecified atom stereocenters. The summed E-state index contributed by atoms with van der Waals surface area (Å²) in [6, 6.07) is 6.30. The Morgan fingerprint density at radius 1 is 1.00 bits per heavy atom. The van der Waals surface area contributed by atoms with Crippen molar-refractivity contribution in [3.8, 4) is 0 Å². The average Bonchev–Trinajstić information content (AvgIpc) is 2.60. The van der Waals surface area contributed by atoms with E-state index in [9.17, 15) is 0 Å². The lowest BCUT2D eigenvalue weighted by Crippen LogP contribution is -1.97. The van der Waals surface area contributed by atoms with E-state index >= 15 is 0 Å². The Morgan fingerprint density at radius 3 is 2.53 bits per heavy atom. The molecule has 4 N–H and O–H groups in total. The highest BCUT2D eigenvalue weighted by Crippen LogP contribution is 2.38. The van der Waals surface area contributed by atoms with Crippen LogP contribution in [-0.2, 0) is 12.8 Å². The van der Waals surface area contributed by atoms with Crippen LogP contribution < -0.4 is 11.5 Å². The molecular weight excluding hydrogens is 184 g/mol. The van der Waals surface area contributed by atoms with Crippen LogP contribution in [0.5, 0.6) is 0 Å². The van der Waals surface area contributed by atoms with Gasteiger partial charge in [0, 0.05) is 16.8 Å². The van der Waals surface area contributed by atoms with Crippen LogP contribution >= 0.6 is 0 Å². The number of hydrogen-bond donors (Lipinski definition) is 2. The number of nitrogen functional groups attached to an aromatic ring is 2. The van der Waals surface area contributed by atoms with E-state index in [0.717, 1.165) is 35.2 Å². The fourth-order valence-electron chi connectivity index (χ4n) is 2.60. The minimum absolute atomic E-state index is 0.804. The molecule has 0 bridgehead atoms. The first kappa shape index (κ1) is 8.60. The Hall–Kier alpha value is -1.70. The zero-order valence-electron chi connectivity index (χ0n) is 8.80. The maximum atomic E-state index is 6.10. The molecule has 3 rings (SSSR count). The molecule has 0 heterocycles. The summed E-state index contributed by atoms with van der Waals surface area (Å²) >= 11 is 0. The molecule has 2 aromatic rings. The summed E-state index contributed by atoms with van der Waals surface area (Å²) in [7, 11) is 0. The smallest absolute Gasteiger partial charge is 0.0444 e. The number of hydrogen-bond acceptors (Lipinski definition) is 2. The molecule has 0 saturated heterocycles. The maximum Gasteiger partial charge on any atom is 0.0444 e. The van der Waals surface area contributed by atoms with Gasteiger partial charge < -0.3 is 11.5 Å². The molecule has 0 fully saturated rings. The van der Waals surface area contributed by atoms with Gasteiger partial charge in [-0.2, -0.15) is 0 Å². The second-order valence-corrected chi connectivity index (χ2v) is 4.33. The summed E-state index contributed by atoms with van der Waals surface area (Å²) in [5.41, 5.74) is 17.7. The van der Waals surface area contributed by atoms with Gasteiger partial charge in [0.05, 0.1) is 0 Å². The van der Waals surface area contributed by atoms with Crippen molar-refractivity contribution in [1.82, 2.24) is 0 Å². The molecule has 0 aromatic heterocycles. The van der Waals surface area contributed by atoms with Gasteiger partial charge in [0.15, 0.2) is 0 Å². The zero-order valence-corrected chi connectivity index (χ0v) is 8.80. The number of aryl methyl sites for hydroxylation is 3. The first-order chi connectivity index (χ1) is 7.18. The van der Waals surface area contributed by atoms with Crippen molar-refractivity contribution < 1.29 is 0 Å². The summed E-state index contributed by atoms with van der Waals surface area (Å²) in [5.74, 6) is 0. The largest absolute Gasteiger partial charge is 0.398 e. The van der Waals surface area contributed by atoms with Gasteiger partial charge in [0.2, 0.25) is 0 Å². The van der Waals surface area contributed by atoms with Crippen LogP contribution in [0, 0.1) is 6.92 Å². The Balaban J connectivity index is 2.60. The van der Waals surface area contributed by atoms with Crippen molar-refractivity contribution in [3.05, 3.63) is 34.9 Å². The van der Waals surface area contributed by atoms with Gasteiger partial charge in [-0.25, -0.2) is 0 Å². The predicted molar refractivity (Wildman–Crippen MR) is 64.9 cm³/mol. The van der Waals surface area contributed by atoms with E-state index < -0.39 is 0 Å². The van der Waals surface area contributed by atoms with E-state index in [1.807, 2.05) is 6.07 Å². The highest BCUT2D eigenvalue weighted by Gasteiger charge is 2.18. The highest BCUT2D eigenvalue weighted by molar-refractivity contribution is 6.06. The highest BCUT2D eigenvalue weighted by atomic mass is 14.6. The Morgan fingerprint density at radius 2 is 1.73 bits per heavy atom. The first-order valence-electron chi connectivity index (χ1n) is 5.27. The lowest BCUT2D eigenvalue weighted by atomic mass is 9.98. The van der Waals surface area contributed by atoms with Gasteiger partial charge in [0.1, 0.15) is 0 Å². The summed E-state index contributed by atoms with van der Waals surface area (Å²) in [4.78, 5) is 0. The summed E-state index contributed by atoms with van der Waals surface area (Å²) in [5, 5.41) is 2.37.